The first-order chi connectivity index (χ1) is 12.0. The highest BCUT2D eigenvalue weighted by Gasteiger charge is 2.22. The van der Waals surface area contributed by atoms with Gasteiger partial charge >= 0.3 is 5.69 Å². The van der Waals surface area contributed by atoms with Crippen molar-refractivity contribution in [3.63, 3.8) is 0 Å². The lowest BCUT2D eigenvalue weighted by Crippen LogP contribution is -2.47. The quantitative estimate of drug-likeness (QED) is 0.870. The van der Waals surface area contributed by atoms with Gasteiger partial charge in [-0.1, -0.05) is 12.2 Å². The molecule has 25 heavy (non-hydrogen) atoms. The van der Waals surface area contributed by atoms with Crippen LogP contribution in [0.15, 0.2) is 39.0 Å². The average molecular weight is 341 g/mol. The van der Waals surface area contributed by atoms with Crippen LogP contribution in [0.4, 0.5) is 5.82 Å². The molecule has 1 saturated heterocycles. The Bertz CT molecular complexity index is 884. The molecule has 0 spiro atoms. The van der Waals surface area contributed by atoms with E-state index in [2.05, 4.69) is 6.07 Å². The van der Waals surface area contributed by atoms with E-state index in [1.54, 1.807) is 4.57 Å². The highest BCUT2D eigenvalue weighted by atomic mass is 16.2. The van der Waals surface area contributed by atoms with Crippen LogP contribution in [-0.2, 0) is 13.6 Å². The molecule has 2 aliphatic rings. The Balaban J connectivity index is 2.08. The predicted molar refractivity (Wildman–Crippen MR) is 96.4 cm³/mol. The maximum absolute atomic E-state index is 12.7. The molecule has 1 atom stereocenters. The molecule has 2 N–H and O–H groups in total. The van der Waals surface area contributed by atoms with Gasteiger partial charge in [0.15, 0.2) is 0 Å². The third kappa shape index (κ3) is 3.44. The summed E-state index contributed by atoms with van der Waals surface area (Å²) in [6, 6.07) is 3.77. The minimum Gasteiger partial charge on any atom is -0.356 e. The predicted octanol–water partition coefficient (Wildman–Crippen LogP) is 0.645. The van der Waals surface area contributed by atoms with Gasteiger partial charge in [-0.25, -0.2) is 4.79 Å². The van der Waals surface area contributed by atoms with Crippen LogP contribution in [0.5, 0.6) is 0 Å². The summed E-state index contributed by atoms with van der Waals surface area (Å²) in [5.74, 6) is 0.590. The highest BCUT2D eigenvalue weighted by Crippen LogP contribution is 2.22. The van der Waals surface area contributed by atoms with Gasteiger partial charge in [-0.2, -0.15) is 5.26 Å². The van der Waals surface area contributed by atoms with Gasteiger partial charge in [0.05, 0.1) is 12.6 Å². The number of piperidine rings is 1. The third-order valence-electron chi connectivity index (χ3n) is 4.89. The fraction of sp³-hybridized carbons (Fsp3) is 0.500. The van der Waals surface area contributed by atoms with Gasteiger partial charge in [-0.15, -0.1) is 0 Å². The lowest BCUT2D eigenvalue weighted by atomic mass is 9.98. The van der Waals surface area contributed by atoms with Crippen molar-refractivity contribution in [1.29, 1.82) is 5.26 Å². The average Bonchev–Trinajstić information content (AvgIpc) is 2.62. The molecule has 1 aliphatic carbocycles. The number of allylic oxidation sites excluding steroid dienone is 4. The summed E-state index contributed by atoms with van der Waals surface area (Å²) < 4.78 is 2.69. The fourth-order valence-corrected chi connectivity index (χ4v) is 3.45. The lowest BCUT2D eigenvalue weighted by Gasteiger charge is -2.34. The van der Waals surface area contributed by atoms with Crippen LogP contribution in [0.3, 0.4) is 0 Å². The van der Waals surface area contributed by atoms with Gasteiger partial charge in [0.1, 0.15) is 5.82 Å². The smallest absolute Gasteiger partial charge is 0.332 e. The standard InChI is InChI=1S/C18H23N5O2/c1-21-17(24)9-16(22-8-4-7-15(20)12-22)23(18(21)25)11-14-6-3-2-5-13(14)10-19/h3,6,9,15H,2,4-5,7-8,11-12,20H2,1H3/t15-/m1/s1. The van der Waals surface area contributed by atoms with Crippen molar-refractivity contribution in [2.75, 3.05) is 18.0 Å². The number of nitriles is 1. The largest absolute Gasteiger partial charge is 0.356 e. The molecule has 132 valence electrons. The minimum atomic E-state index is -0.370. The Labute approximate surface area is 146 Å². The van der Waals surface area contributed by atoms with E-state index >= 15 is 0 Å². The van der Waals surface area contributed by atoms with Crippen LogP contribution in [-0.4, -0.2) is 28.3 Å². The molecule has 1 aliphatic heterocycles. The van der Waals surface area contributed by atoms with Crippen LogP contribution < -0.4 is 21.9 Å². The van der Waals surface area contributed by atoms with Crippen molar-refractivity contribution in [3.05, 3.63) is 50.2 Å². The van der Waals surface area contributed by atoms with E-state index in [-0.39, 0.29) is 23.8 Å². The van der Waals surface area contributed by atoms with E-state index in [9.17, 15) is 14.9 Å². The minimum absolute atomic E-state index is 0.0322. The summed E-state index contributed by atoms with van der Waals surface area (Å²) >= 11 is 0. The third-order valence-corrected chi connectivity index (χ3v) is 4.89. The highest BCUT2D eigenvalue weighted by molar-refractivity contribution is 5.43. The number of rotatable bonds is 3. The van der Waals surface area contributed by atoms with Crippen molar-refractivity contribution < 1.29 is 0 Å². The Kier molecular flexibility index (Phi) is 4.91. The zero-order valence-corrected chi connectivity index (χ0v) is 14.4. The van der Waals surface area contributed by atoms with Crippen molar-refractivity contribution in [3.8, 4) is 6.07 Å². The monoisotopic (exact) mass is 341 g/mol. The van der Waals surface area contributed by atoms with E-state index in [0.29, 0.717) is 24.4 Å². The summed E-state index contributed by atoms with van der Waals surface area (Å²) in [7, 11) is 1.48. The van der Waals surface area contributed by atoms with Crippen molar-refractivity contribution in [2.45, 2.75) is 38.3 Å². The summed E-state index contributed by atoms with van der Waals surface area (Å²) in [4.78, 5) is 26.9. The molecule has 0 saturated carbocycles. The van der Waals surface area contributed by atoms with Crippen LogP contribution in [0.2, 0.25) is 0 Å². The second kappa shape index (κ2) is 7.11. The van der Waals surface area contributed by atoms with Crippen LogP contribution in [0.1, 0.15) is 25.7 Å². The van der Waals surface area contributed by atoms with Crippen molar-refractivity contribution >= 4 is 5.82 Å². The number of nitrogens with zero attached hydrogens (tertiary/aromatic N) is 4. The van der Waals surface area contributed by atoms with E-state index < -0.39 is 0 Å². The Morgan fingerprint density at radius 1 is 1.40 bits per heavy atom. The molecule has 1 aromatic rings. The normalized spacial score (nSPS) is 20.7. The van der Waals surface area contributed by atoms with Crippen molar-refractivity contribution in [1.82, 2.24) is 9.13 Å². The lowest BCUT2D eigenvalue weighted by molar-refractivity contribution is 0.491. The number of nitrogens with two attached hydrogens (primary N) is 1. The summed E-state index contributed by atoms with van der Waals surface area (Å²) in [6.45, 7) is 1.67. The van der Waals surface area contributed by atoms with Crippen LogP contribution in [0.25, 0.3) is 0 Å². The molecule has 0 unspecified atom stereocenters. The van der Waals surface area contributed by atoms with Gasteiger partial charge in [0, 0.05) is 37.8 Å². The zero-order valence-electron chi connectivity index (χ0n) is 14.4. The summed E-state index contributed by atoms with van der Waals surface area (Å²) in [5.41, 5.74) is 6.90. The molecule has 0 amide bonds. The number of hydrogen-bond acceptors (Lipinski definition) is 5. The maximum atomic E-state index is 12.7. The molecule has 2 heterocycles. The topological polar surface area (TPSA) is 97.1 Å². The first-order valence-corrected chi connectivity index (χ1v) is 8.61. The second-order valence-electron chi connectivity index (χ2n) is 6.67. The second-order valence-corrected chi connectivity index (χ2v) is 6.67. The van der Waals surface area contributed by atoms with Crippen LogP contribution in [0, 0.1) is 11.3 Å². The molecular weight excluding hydrogens is 318 g/mol. The maximum Gasteiger partial charge on any atom is 0.332 e. The van der Waals surface area contributed by atoms with Crippen molar-refractivity contribution in [2.24, 2.45) is 12.8 Å². The Morgan fingerprint density at radius 2 is 2.20 bits per heavy atom. The van der Waals surface area contributed by atoms with Gasteiger partial charge in [0.25, 0.3) is 5.56 Å². The van der Waals surface area contributed by atoms with Gasteiger partial charge in [0.2, 0.25) is 0 Å². The molecular formula is C18H23N5O2. The van der Waals surface area contributed by atoms with Gasteiger partial charge in [-0.05, 0) is 31.3 Å². The molecule has 1 fully saturated rings. The number of aromatic nitrogens is 2. The summed E-state index contributed by atoms with van der Waals surface area (Å²) in [5, 5.41) is 9.35. The number of hydrogen-bond donors (Lipinski definition) is 1. The van der Waals surface area contributed by atoms with E-state index in [4.69, 9.17) is 5.73 Å². The molecule has 0 bridgehead atoms. The SMILES string of the molecule is Cn1c(=O)cc(N2CCC[C@@H](N)C2)n(CC2=C(C#N)CCC=C2)c1=O. The van der Waals surface area contributed by atoms with Gasteiger partial charge < -0.3 is 10.6 Å². The fourth-order valence-electron chi connectivity index (χ4n) is 3.45. The summed E-state index contributed by atoms with van der Waals surface area (Å²) in [6.07, 6.45) is 7.31. The number of anilines is 1. The van der Waals surface area contributed by atoms with E-state index in [1.807, 2.05) is 17.1 Å². The molecule has 0 radical (unpaired) electrons. The first-order valence-electron chi connectivity index (χ1n) is 8.61. The van der Waals surface area contributed by atoms with Crippen LogP contribution >= 0.6 is 0 Å². The molecule has 3 rings (SSSR count). The Hall–Kier alpha value is -2.59. The van der Waals surface area contributed by atoms with E-state index in [0.717, 1.165) is 35.9 Å². The van der Waals surface area contributed by atoms with Gasteiger partial charge in [-0.3, -0.25) is 13.9 Å². The molecule has 0 aromatic carbocycles. The molecule has 7 nitrogen and oxygen atoms in total. The Morgan fingerprint density at radius 3 is 2.92 bits per heavy atom. The molecule has 7 heteroatoms. The van der Waals surface area contributed by atoms with E-state index in [1.165, 1.54) is 13.1 Å². The first kappa shape index (κ1) is 17.2. The zero-order chi connectivity index (χ0) is 18.0. The molecule has 1 aromatic heterocycles.